The average molecular weight is 180 g/mol. The van der Waals surface area contributed by atoms with Crippen molar-refractivity contribution < 1.29 is 17.3 Å². The zero-order valence-electron chi connectivity index (χ0n) is 6.45. The van der Waals surface area contributed by atoms with Gasteiger partial charge in [0.2, 0.25) is 0 Å². The Bertz CT molecular complexity index is 203. The third kappa shape index (κ3) is 3.69. The molecule has 0 aliphatic carbocycles. The molecule has 4 nitrogen and oxygen atoms in total. The van der Waals surface area contributed by atoms with Gasteiger partial charge in [-0.05, 0) is 12.8 Å². The van der Waals surface area contributed by atoms with E-state index < -0.39 is 10.1 Å². The van der Waals surface area contributed by atoms with E-state index in [0.29, 0.717) is 13.2 Å². The van der Waals surface area contributed by atoms with Gasteiger partial charge in [0.15, 0.2) is 0 Å². The van der Waals surface area contributed by atoms with E-state index in [1.807, 2.05) is 0 Å². The van der Waals surface area contributed by atoms with Crippen LogP contribution in [0.2, 0.25) is 0 Å². The van der Waals surface area contributed by atoms with Gasteiger partial charge in [-0.3, -0.25) is 4.18 Å². The van der Waals surface area contributed by atoms with E-state index in [1.165, 1.54) is 0 Å². The first-order valence-corrected chi connectivity index (χ1v) is 5.35. The average Bonchev–Trinajstić information content (AvgIpc) is 1.85. The van der Waals surface area contributed by atoms with Crippen LogP contribution in [-0.2, 0) is 19.0 Å². The van der Waals surface area contributed by atoms with Crippen molar-refractivity contribution in [3.05, 3.63) is 0 Å². The highest BCUT2D eigenvalue weighted by atomic mass is 32.2. The molecule has 1 atom stereocenters. The van der Waals surface area contributed by atoms with E-state index in [1.54, 1.807) is 0 Å². The van der Waals surface area contributed by atoms with Crippen LogP contribution in [0.1, 0.15) is 12.8 Å². The molecule has 1 aliphatic heterocycles. The van der Waals surface area contributed by atoms with Crippen LogP contribution in [0.3, 0.4) is 0 Å². The molecule has 0 amide bonds. The topological polar surface area (TPSA) is 52.6 Å². The van der Waals surface area contributed by atoms with Crippen LogP contribution >= 0.6 is 0 Å². The first-order chi connectivity index (χ1) is 5.08. The van der Waals surface area contributed by atoms with Crippen molar-refractivity contribution in [2.45, 2.75) is 18.9 Å². The maximum Gasteiger partial charge on any atom is 0.264 e. The van der Waals surface area contributed by atoms with Crippen molar-refractivity contribution in [2.75, 3.05) is 19.5 Å². The van der Waals surface area contributed by atoms with Crippen molar-refractivity contribution in [3.8, 4) is 0 Å². The van der Waals surface area contributed by atoms with Gasteiger partial charge in [-0.1, -0.05) is 0 Å². The molecule has 1 heterocycles. The van der Waals surface area contributed by atoms with Crippen LogP contribution in [-0.4, -0.2) is 34.0 Å². The molecule has 0 bridgehead atoms. The Kier molecular flexibility index (Phi) is 2.86. The third-order valence-electron chi connectivity index (χ3n) is 1.43. The number of rotatable bonds is 2. The molecule has 1 rings (SSSR count). The predicted molar refractivity (Wildman–Crippen MR) is 39.8 cm³/mol. The van der Waals surface area contributed by atoms with Gasteiger partial charge in [-0.15, -0.1) is 0 Å². The smallest absolute Gasteiger partial charge is 0.264 e. The van der Waals surface area contributed by atoms with Crippen molar-refractivity contribution >= 4 is 10.1 Å². The van der Waals surface area contributed by atoms with Gasteiger partial charge in [0.25, 0.3) is 10.1 Å². The molecule has 0 saturated carbocycles. The third-order valence-corrected chi connectivity index (χ3v) is 2.05. The lowest BCUT2D eigenvalue weighted by Crippen LogP contribution is -2.27. The summed E-state index contributed by atoms with van der Waals surface area (Å²) in [6.07, 6.45) is 2.44. The second-order valence-electron chi connectivity index (χ2n) is 2.64. The summed E-state index contributed by atoms with van der Waals surface area (Å²) in [4.78, 5) is 0. The molecule has 11 heavy (non-hydrogen) atoms. The van der Waals surface area contributed by atoms with Gasteiger partial charge in [-0.25, -0.2) is 0 Å². The number of hydrogen-bond acceptors (Lipinski definition) is 4. The second kappa shape index (κ2) is 3.51. The lowest BCUT2D eigenvalue weighted by Gasteiger charge is -2.20. The normalized spacial score (nSPS) is 26.8. The van der Waals surface area contributed by atoms with Gasteiger partial charge >= 0.3 is 0 Å². The summed E-state index contributed by atoms with van der Waals surface area (Å²) in [6.45, 7) is 1.11. The molecule has 1 fully saturated rings. The van der Waals surface area contributed by atoms with E-state index in [0.717, 1.165) is 19.1 Å². The van der Waals surface area contributed by atoms with Crippen molar-refractivity contribution in [2.24, 2.45) is 0 Å². The monoisotopic (exact) mass is 180 g/mol. The molecule has 0 aromatic carbocycles. The molecule has 1 aliphatic rings. The van der Waals surface area contributed by atoms with Crippen molar-refractivity contribution in [1.29, 1.82) is 0 Å². The van der Waals surface area contributed by atoms with Gasteiger partial charge in [-0.2, -0.15) is 8.42 Å². The fourth-order valence-corrected chi connectivity index (χ4v) is 1.68. The largest absolute Gasteiger partial charge is 0.379 e. The molecule has 0 N–H and O–H groups in total. The van der Waals surface area contributed by atoms with Crippen LogP contribution in [0.15, 0.2) is 0 Å². The Morgan fingerprint density at radius 1 is 1.55 bits per heavy atom. The first-order valence-electron chi connectivity index (χ1n) is 3.54. The minimum Gasteiger partial charge on any atom is -0.379 e. The summed E-state index contributed by atoms with van der Waals surface area (Å²) in [7, 11) is -3.30. The SMILES string of the molecule is CS(=O)(=O)O[C@H]1CCCOC1. The maximum absolute atomic E-state index is 10.6. The Morgan fingerprint density at radius 3 is 2.73 bits per heavy atom. The minimum atomic E-state index is -3.30. The lowest BCUT2D eigenvalue weighted by molar-refractivity contribution is 0.0108. The predicted octanol–water partition coefficient (Wildman–Crippen LogP) is 0.142. The molecular formula is C6H12O4S. The molecular weight excluding hydrogens is 168 g/mol. The zero-order chi connectivity index (χ0) is 8.32. The Morgan fingerprint density at radius 2 is 2.27 bits per heavy atom. The fourth-order valence-electron chi connectivity index (χ4n) is 1.03. The summed E-state index contributed by atoms with van der Waals surface area (Å²) in [6, 6.07) is 0. The van der Waals surface area contributed by atoms with Gasteiger partial charge in [0, 0.05) is 6.61 Å². The van der Waals surface area contributed by atoms with Gasteiger partial charge in [0.05, 0.1) is 12.9 Å². The van der Waals surface area contributed by atoms with Crippen LogP contribution in [0.5, 0.6) is 0 Å². The first kappa shape index (κ1) is 8.96. The van der Waals surface area contributed by atoms with Gasteiger partial charge < -0.3 is 4.74 Å². The highest BCUT2D eigenvalue weighted by molar-refractivity contribution is 7.86. The summed E-state index contributed by atoms with van der Waals surface area (Å²) in [5.41, 5.74) is 0. The standard InChI is InChI=1S/C6H12O4S/c1-11(7,8)10-6-3-2-4-9-5-6/h6H,2-5H2,1H3/t6-/m0/s1. The van der Waals surface area contributed by atoms with E-state index in [9.17, 15) is 8.42 Å². The van der Waals surface area contributed by atoms with E-state index in [2.05, 4.69) is 0 Å². The van der Waals surface area contributed by atoms with E-state index in [4.69, 9.17) is 8.92 Å². The highest BCUT2D eigenvalue weighted by Gasteiger charge is 2.18. The Labute approximate surface area is 66.6 Å². The highest BCUT2D eigenvalue weighted by Crippen LogP contribution is 2.11. The fraction of sp³-hybridized carbons (Fsp3) is 1.00. The lowest BCUT2D eigenvalue weighted by atomic mass is 10.2. The molecule has 1 saturated heterocycles. The molecule has 0 unspecified atom stereocenters. The molecule has 0 radical (unpaired) electrons. The number of hydrogen-bond donors (Lipinski definition) is 0. The molecule has 66 valence electrons. The zero-order valence-corrected chi connectivity index (χ0v) is 7.26. The van der Waals surface area contributed by atoms with Crippen LogP contribution in [0.25, 0.3) is 0 Å². The van der Waals surface area contributed by atoms with Crippen molar-refractivity contribution in [1.82, 2.24) is 0 Å². The second-order valence-corrected chi connectivity index (χ2v) is 4.24. The van der Waals surface area contributed by atoms with Gasteiger partial charge in [0.1, 0.15) is 6.10 Å². The van der Waals surface area contributed by atoms with E-state index in [-0.39, 0.29) is 6.10 Å². The van der Waals surface area contributed by atoms with Crippen molar-refractivity contribution in [3.63, 3.8) is 0 Å². The summed E-state index contributed by atoms with van der Waals surface area (Å²) < 4.78 is 31.0. The van der Waals surface area contributed by atoms with Crippen LogP contribution in [0.4, 0.5) is 0 Å². The van der Waals surface area contributed by atoms with Crippen LogP contribution in [0, 0.1) is 0 Å². The summed E-state index contributed by atoms with van der Waals surface area (Å²) in [5.74, 6) is 0. The Balaban J connectivity index is 2.36. The number of ether oxygens (including phenoxy) is 1. The van der Waals surface area contributed by atoms with E-state index >= 15 is 0 Å². The maximum atomic E-state index is 10.6. The Hall–Kier alpha value is -0.130. The molecule has 0 aromatic heterocycles. The molecule has 0 spiro atoms. The molecule has 5 heteroatoms. The molecule has 0 aromatic rings. The summed E-state index contributed by atoms with van der Waals surface area (Å²) in [5, 5.41) is 0. The summed E-state index contributed by atoms with van der Waals surface area (Å²) >= 11 is 0. The minimum absolute atomic E-state index is 0.265. The quantitative estimate of drug-likeness (QED) is 0.567. The van der Waals surface area contributed by atoms with Crippen LogP contribution < -0.4 is 0 Å².